The number of carbonyl (C=O) groups excluding carboxylic acids is 3. The number of ether oxygens (including phenoxy) is 1. The summed E-state index contributed by atoms with van der Waals surface area (Å²) in [5, 5.41) is 5.02. The lowest BCUT2D eigenvalue weighted by Gasteiger charge is -2.29. The molecule has 1 saturated carbocycles. The number of nitrogens with one attached hydrogen (secondary N) is 2. The summed E-state index contributed by atoms with van der Waals surface area (Å²) in [5.74, 6) is -0.819. The van der Waals surface area contributed by atoms with Crippen LogP contribution in [0.25, 0.3) is 0 Å². The topological polar surface area (TPSA) is 84.5 Å². The molecule has 130 valence electrons. The molecule has 0 aromatic heterocycles. The van der Waals surface area contributed by atoms with Gasteiger partial charge in [0.05, 0.1) is 5.56 Å². The molecule has 0 radical (unpaired) electrons. The first-order valence-corrected chi connectivity index (χ1v) is 8.30. The van der Waals surface area contributed by atoms with E-state index in [4.69, 9.17) is 4.74 Å². The van der Waals surface area contributed by atoms with Crippen LogP contribution in [0.5, 0.6) is 0 Å². The van der Waals surface area contributed by atoms with Crippen LogP contribution in [0.4, 0.5) is 4.79 Å². The Bertz CT molecular complexity index is 615. The lowest BCUT2D eigenvalue weighted by atomic mass is 9.86. The fourth-order valence-electron chi connectivity index (χ4n) is 2.91. The summed E-state index contributed by atoms with van der Waals surface area (Å²) in [6.07, 6.45) is 4.25. The van der Waals surface area contributed by atoms with Crippen LogP contribution in [0.15, 0.2) is 24.3 Å². The molecular weight excluding hydrogens is 308 g/mol. The van der Waals surface area contributed by atoms with Gasteiger partial charge in [-0.05, 0) is 37.3 Å². The first-order chi connectivity index (χ1) is 11.5. The minimum absolute atomic E-state index is 0.0843. The van der Waals surface area contributed by atoms with Crippen LogP contribution in [0, 0.1) is 12.8 Å². The fraction of sp³-hybridized carbons (Fsp3) is 0.500. The van der Waals surface area contributed by atoms with Crippen molar-refractivity contribution in [2.45, 2.75) is 45.6 Å². The molecular formula is C18H24N2O4. The average molecular weight is 332 g/mol. The van der Waals surface area contributed by atoms with Gasteiger partial charge in [-0.2, -0.15) is 0 Å². The van der Waals surface area contributed by atoms with Crippen LogP contribution in [0.3, 0.4) is 0 Å². The molecule has 2 rings (SSSR count). The van der Waals surface area contributed by atoms with Crippen LogP contribution in [-0.4, -0.2) is 30.6 Å². The zero-order valence-electron chi connectivity index (χ0n) is 14.1. The van der Waals surface area contributed by atoms with Crippen molar-refractivity contribution in [3.05, 3.63) is 35.4 Å². The van der Waals surface area contributed by atoms with Crippen molar-refractivity contribution in [1.82, 2.24) is 10.6 Å². The van der Waals surface area contributed by atoms with E-state index in [0.717, 1.165) is 24.8 Å². The Balaban J connectivity index is 1.75. The van der Waals surface area contributed by atoms with Gasteiger partial charge >= 0.3 is 12.0 Å². The Labute approximate surface area is 142 Å². The number of rotatable bonds is 4. The third-order valence-corrected chi connectivity index (χ3v) is 4.38. The molecule has 3 amide bonds. The van der Waals surface area contributed by atoms with E-state index in [-0.39, 0.29) is 6.04 Å². The molecule has 24 heavy (non-hydrogen) atoms. The molecule has 1 aromatic carbocycles. The average Bonchev–Trinajstić information content (AvgIpc) is 2.55. The lowest BCUT2D eigenvalue weighted by Crippen LogP contribution is -2.48. The van der Waals surface area contributed by atoms with E-state index in [1.807, 2.05) is 6.07 Å². The maximum Gasteiger partial charge on any atom is 0.338 e. The lowest BCUT2D eigenvalue weighted by molar-refractivity contribution is -0.123. The summed E-state index contributed by atoms with van der Waals surface area (Å²) in [6.45, 7) is 3.39. The number of imide groups is 1. The third-order valence-electron chi connectivity index (χ3n) is 4.38. The number of carbonyl (C=O) groups is 3. The Morgan fingerprint density at radius 2 is 1.88 bits per heavy atom. The largest absolute Gasteiger partial charge is 0.452 e. The standard InChI is InChI=1S/C18H24N2O4/c1-12-7-3-5-9-14(12)17(22)24-11-16(21)20-18(23)19-15-10-6-4-8-13(15)2/h3,5,7,9,13,15H,4,6,8,10-11H2,1-2H3,(H2,19,20,21,23)/t13-,15+/m1/s1. The van der Waals surface area contributed by atoms with Crippen molar-refractivity contribution in [3.8, 4) is 0 Å². The SMILES string of the molecule is Cc1ccccc1C(=O)OCC(=O)NC(=O)N[C@H]1CCCC[C@H]1C. The number of benzene rings is 1. The van der Waals surface area contributed by atoms with Gasteiger partial charge in [0.25, 0.3) is 5.91 Å². The number of hydrogen-bond acceptors (Lipinski definition) is 4. The van der Waals surface area contributed by atoms with Gasteiger partial charge in [0.1, 0.15) is 0 Å². The second-order valence-electron chi connectivity index (χ2n) is 6.28. The smallest absolute Gasteiger partial charge is 0.338 e. The van der Waals surface area contributed by atoms with Crippen molar-refractivity contribution in [2.75, 3.05) is 6.61 Å². The van der Waals surface area contributed by atoms with Crippen LogP contribution in [-0.2, 0) is 9.53 Å². The normalized spacial score (nSPS) is 20.1. The first kappa shape index (κ1) is 18.0. The van der Waals surface area contributed by atoms with Crippen molar-refractivity contribution in [1.29, 1.82) is 0 Å². The van der Waals surface area contributed by atoms with Crippen LogP contribution < -0.4 is 10.6 Å². The zero-order chi connectivity index (χ0) is 17.5. The fourth-order valence-corrected chi connectivity index (χ4v) is 2.91. The Morgan fingerprint density at radius 3 is 2.58 bits per heavy atom. The Kier molecular flexibility index (Phi) is 6.35. The van der Waals surface area contributed by atoms with E-state index in [1.165, 1.54) is 6.42 Å². The highest BCUT2D eigenvalue weighted by atomic mass is 16.5. The minimum atomic E-state index is -0.641. The molecule has 0 spiro atoms. The highest BCUT2D eigenvalue weighted by Crippen LogP contribution is 2.23. The molecule has 6 heteroatoms. The number of esters is 1. The van der Waals surface area contributed by atoms with E-state index in [9.17, 15) is 14.4 Å². The summed E-state index contributed by atoms with van der Waals surface area (Å²) in [5.41, 5.74) is 1.18. The van der Waals surface area contributed by atoms with Gasteiger partial charge in [0, 0.05) is 6.04 Å². The molecule has 1 aliphatic rings. The summed E-state index contributed by atoms with van der Waals surface area (Å²) >= 11 is 0. The van der Waals surface area contributed by atoms with Gasteiger partial charge < -0.3 is 10.1 Å². The molecule has 0 aliphatic heterocycles. The number of hydrogen-bond donors (Lipinski definition) is 2. The molecule has 0 unspecified atom stereocenters. The molecule has 0 heterocycles. The van der Waals surface area contributed by atoms with Gasteiger partial charge in [0.2, 0.25) is 0 Å². The number of amides is 3. The van der Waals surface area contributed by atoms with E-state index in [1.54, 1.807) is 25.1 Å². The van der Waals surface area contributed by atoms with Gasteiger partial charge in [-0.3, -0.25) is 10.1 Å². The molecule has 0 bridgehead atoms. The first-order valence-electron chi connectivity index (χ1n) is 8.30. The Morgan fingerprint density at radius 1 is 1.17 bits per heavy atom. The van der Waals surface area contributed by atoms with E-state index in [0.29, 0.717) is 11.5 Å². The Hall–Kier alpha value is -2.37. The molecule has 1 aromatic rings. The van der Waals surface area contributed by atoms with E-state index in [2.05, 4.69) is 17.6 Å². The van der Waals surface area contributed by atoms with Crippen LogP contribution >= 0.6 is 0 Å². The van der Waals surface area contributed by atoms with Gasteiger partial charge in [-0.1, -0.05) is 38.0 Å². The molecule has 2 N–H and O–H groups in total. The van der Waals surface area contributed by atoms with Crippen molar-refractivity contribution < 1.29 is 19.1 Å². The van der Waals surface area contributed by atoms with Crippen LogP contribution in [0.2, 0.25) is 0 Å². The molecule has 0 saturated heterocycles. The van der Waals surface area contributed by atoms with E-state index < -0.39 is 24.5 Å². The summed E-state index contributed by atoms with van der Waals surface area (Å²) in [4.78, 5) is 35.5. The molecule has 1 aliphatic carbocycles. The van der Waals surface area contributed by atoms with Crippen molar-refractivity contribution >= 4 is 17.9 Å². The predicted octanol–water partition coefficient (Wildman–Crippen LogP) is 2.56. The number of urea groups is 1. The van der Waals surface area contributed by atoms with Gasteiger partial charge in [0.15, 0.2) is 6.61 Å². The predicted molar refractivity (Wildman–Crippen MR) is 89.6 cm³/mol. The van der Waals surface area contributed by atoms with Gasteiger partial charge in [-0.15, -0.1) is 0 Å². The van der Waals surface area contributed by atoms with Crippen molar-refractivity contribution in [3.63, 3.8) is 0 Å². The highest BCUT2D eigenvalue weighted by molar-refractivity contribution is 5.97. The number of aryl methyl sites for hydroxylation is 1. The molecule has 6 nitrogen and oxygen atoms in total. The second-order valence-corrected chi connectivity index (χ2v) is 6.28. The maximum absolute atomic E-state index is 11.9. The third kappa shape index (κ3) is 5.08. The van der Waals surface area contributed by atoms with Crippen molar-refractivity contribution in [2.24, 2.45) is 5.92 Å². The quantitative estimate of drug-likeness (QED) is 0.830. The van der Waals surface area contributed by atoms with Crippen LogP contribution in [0.1, 0.15) is 48.5 Å². The maximum atomic E-state index is 11.9. The van der Waals surface area contributed by atoms with Gasteiger partial charge in [-0.25, -0.2) is 9.59 Å². The second kappa shape index (κ2) is 8.47. The molecule has 1 fully saturated rings. The minimum Gasteiger partial charge on any atom is -0.452 e. The summed E-state index contributed by atoms with van der Waals surface area (Å²) in [7, 11) is 0. The monoisotopic (exact) mass is 332 g/mol. The zero-order valence-corrected chi connectivity index (χ0v) is 14.1. The highest BCUT2D eigenvalue weighted by Gasteiger charge is 2.23. The summed E-state index contributed by atoms with van der Waals surface area (Å²) in [6, 6.07) is 6.51. The summed E-state index contributed by atoms with van der Waals surface area (Å²) < 4.78 is 4.95. The van der Waals surface area contributed by atoms with E-state index >= 15 is 0 Å². The molecule has 2 atom stereocenters.